The van der Waals surface area contributed by atoms with Crippen molar-refractivity contribution in [2.75, 3.05) is 23.3 Å². The van der Waals surface area contributed by atoms with E-state index in [1.807, 2.05) is 0 Å². The molecule has 1 saturated heterocycles. The fourth-order valence-electron chi connectivity index (χ4n) is 3.16. The summed E-state index contributed by atoms with van der Waals surface area (Å²) in [7, 11) is 0. The number of carbonyl (C=O) groups excluding carboxylic acids is 2. The van der Waals surface area contributed by atoms with E-state index in [4.69, 9.17) is 4.74 Å². The molecule has 2 heterocycles. The second-order valence-electron chi connectivity index (χ2n) is 8.02. The van der Waals surface area contributed by atoms with Crippen LogP contribution in [0.4, 0.5) is 16.4 Å². The van der Waals surface area contributed by atoms with Crippen LogP contribution in [0.2, 0.25) is 0 Å². The number of benzene rings is 1. The molecule has 1 unspecified atom stereocenters. The summed E-state index contributed by atoms with van der Waals surface area (Å²) in [6, 6.07) is 8.59. The van der Waals surface area contributed by atoms with E-state index in [1.54, 1.807) is 63.5 Å². The Morgan fingerprint density at radius 3 is 2.66 bits per heavy atom. The highest BCUT2D eigenvalue weighted by Gasteiger charge is 2.23. The van der Waals surface area contributed by atoms with Gasteiger partial charge in [-0.15, -0.1) is 0 Å². The Bertz CT molecular complexity index is 851. The van der Waals surface area contributed by atoms with E-state index in [0.717, 1.165) is 19.4 Å². The Morgan fingerprint density at radius 1 is 1.17 bits per heavy atom. The van der Waals surface area contributed by atoms with Gasteiger partial charge in [0.25, 0.3) is 5.91 Å². The smallest absolute Gasteiger partial charge is 0.412 e. The van der Waals surface area contributed by atoms with Crippen molar-refractivity contribution in [3.63, 3.8) is 0 Å². The molecule has 2 N–H and O–H groups in total. The highest BCUT2D eigenvalue weighted by molar-refractivity contribution is 5.96. The molecule has 1 aliphatic heterocycles. The lowest BCUT2D eigenvalue weighted by molar-refractivity contribution is 0.0635. The monoisotopic (exact) mass is 397 g/mol. The molecule has 29 heavy (non-hydrogen) atoms. The van der Waals surface area contributed by atoms with Gasteiger partial charge < -0.3 is 15.0 Å². The average molecular weight is 397 g/mol. The molecule has 0 spiro atoms. The number of nitrogens with zero attached hydrogens (tertiary/aromatic N) is 3. The first-order valence-corrected chi connectivity index (χ1v) is 9.73. The summed E-state index contributed by atoms with van der Waals surface area (Å²) in [6.07, 6.45) is 4.72. The van der Waals surface area contributed by atoms with Gasteiger partial charge in [0.05, 0.1) is 0 Å². The highest BCUT2D eigenvalue weighted by atomic mass is 16.6. The Hall–Kier alpha value is -3.16. The first-order chi connectivity index (χ1) is 13.8. The van der Waals surface area contributed by atoms with Crippen LogP contribution in [0.5, 0.6) is 0 Å². The summed E-state index contributed by atoms with van der Waals surface area (Å²) >= 11 is 0. The van der Waals surface area contributed by atoms with Crippen LogP contribution in [0.3, 0.4) is 0 Å². The van der Waals surface area contributed by atoms with E-state index in [1.165, 1.54) is 0 Å². The zero-order valence-corrected chi connectivity index (χ0v) is 17.0. The largest absolute Gasteiger partial charge is 0.444 e. The fraction of sp³-hybridized carbons (Fsp3) is 0.429. The molecule has 1 fully saturated rings. The molecule has 8 heteroatoms. The minimum absolute atomic E-state index is 0.00234. The van der Waals surface area contributed by atoms with Crippen LogP contribution >= 0.6 is 0 Å². The lowest BCUT2D eigenvalue weighted by Gasteiger charge is -2.33. The molecule has 1 aliphatic rings. The van der Waals surface area contributed by atoms with Gasteiger partial charge in [-0.2, -0.15) is 0 Å². The molecule has 154 valence electrons. The summed E-state index contributed by atoms with van der Waals surface area (Å²) in [4.78, 5) is 35.3. The van der Waals surface area contributed by atoms with Crippen molar-refractivity contribution in [2.24, 2.45) is 0 Å². The third-order valence-corrected chi connectivity index (χ3v) is 4.36. The molecule has 0 radical (unpaired) electrons. The molecule has 0 saturated carbocycles. The van der Waals surface area contributed by atoms with E-state index in [2.05, 4.69) is 25.5 Å². The quantitative estimate of drug-likeness (QED) is 0.822. The SMILES string of the molecule is CC(C)(C)OC(=O)Nc1cccc(C(=O)NC2CCCN(c3ncccn3)C2)c1. The van der Waals surface area contributed by atoms with Crippen LogP contribution in [0, 0.1) is 0 Å². The third-order valence-electron chi connectivity index (χ3n) is 4.36. The first-order valence-electron chi connectivity index (χ1n) is 9.73. The molecule has 2 amide bonds. The summed E-state index contributed by atoms with van der Waals surface area (Å²) in [5.74, 6) is 0.494. The molecule has 0 bridgehead atoms. The number of amides is 2. The molecular formula is C21H27N5O3. The second kappa shape index (κ2) is 8.89. The van der Waals surface area contributed by atoms with Crippen molar-refractivity contribution in [1.82, 2.24) is 15.3 Å². The lowest BCUT2D eigenvalue weighted by atomic mass is 10.1. The van der Waals surface area contributed by atoms with Gasteiger partial charge in [-0.05, 0) is 57.9 Å². The van der Waals surface area contributed by atoms with Crippen molar-refractivity contribution in [2.45, 2.75) is 45.3 Å². The number of hydrogen-bond donors (Lipinski definition) is 2. The van der Waals surface area contributed by atoms with E-state index in [9.17, 15) is 9.59 Å². The van der Waals surface area contributed by atoms with Crippen LogP contribution in [0.25, 0.3) is 0 Å². The van der Waals surface area contributed by atoms with E-state index in [0.29, 0.717) is 23.7 Å². The number of carbonyl (C=O) groups is 2. The number of nitrogens with one attached hydrogen (secondary N) is 2. The van der Waals surface area contributed by atoms with Gasteiger partial charge in [-0.3, -0.25) is 10.1 Å². The summed E-state index contributed by atoms with van der Waals surface area (Å²) in [6.45, 7) is 6.91. The first kappa shape index (κ1) is 20.6. The minimum Gasteiger partial charge on any atom is -0.444 e. The summed E-state index contributed by atoms with van der Waals surface area (Å²) in [5.41, 5.74) is 0.399. The van der Waals surface area contributed by atoms with Crippen LogP contribution < -0.4 is 15.5 Å². The number of aromatic nitrogens is 2. The zero-order valence-electron chi connectivity index (χ0n) is 17.0. The lowest BCUT2D eigenvalue weighted by Crippen LogP contribution is -2.48. The predicted molar refractivity (Wildman–Crippen MR) is 111 cm³/mol. The van der Waals surface area contributed by atoms with Gasteiger partial charge in [0, 0.05) is 42.8 Å². The average Bonchev–Trinajstić information content (AvgIpc) is 2.67. The Balaban J connectivity index is 1.60. The number of rotatable bonds is 4. The number of anilines is 2. The minimum atomic E-state index is -0.589. The number of piperidine rings is 1. The van der Waals surface area contributed by atoms with Crippen LogP contribution in [0.15, 0.2) is 42.7 Å². The molecule has 3 rings (SSSR count). The van der Waals surface area contributed by atoms with Gasteiger partial charge in [0.2, 0.25) is 5.95 Å². The van der Waals surface area contributed by atoms with Crippen molar-refractivity contribution in [1.29, 1.82) is 0 Å². The summed E-state index contributed by atoms with van der Waals surface area (Å²) < 4.78 is 5.25. The van der Waals surface area contributed by atoms with Crippen molar-refractivity contribution in [3.8, 4) is 0 Å². The second-order valence-corrected chi connectivity index (χ2v) is 8.02. The molecule has 1 aromatic heterocycles. The van der Waals surface area contributed by atoms with Crippen LogP contribution in [-0.4, -0.2) is 46.7 Å². The fourth-order valence-corrected chi connectivity index (χ4v) is 3.16. The molecule has 0 aliphatic carbocycles. The number of hydrogen-bond acceptors (Lipinski definition) is 6. The summed E-state index contributed by atoms with van der Waals surface area (Å²) in [5, 5.41) is 5.73. The van der Waals surface area contributed by atoms with Crippen LogP contribution in [0.1, 0.15) is 44.0 Å². The van der Waals surface area contributed by atoms with Crippen molar-refractivity contribution >= 4 is 23.6 Å². The molecule has 1 atom stereocenters. The molecular weight excluding hydrogens is 370 g/mol. The van der Waals surface area contributed by atoms with Gasteiger partial charge in [0.1, 0.15) is 5.60 Å². The predicted octanol–water partition coefficient (Wildman–Crippen LogP) is 3.22. The van der Waals surface area contributed by atoms with Gasteiger partial charge in [0.15, 0.2) is 0 Å². The Labute approximate surface area is 170 Å². The molecule has 1 aromatic carbocycles. The highest BCUT2D eigenvalue weighted by Crippen LogP contribution is 2.17. The maximum Gasteiger partial charge on any atom is 0.412 e. The van der Waals surface area contributed by atoms with E-state index in [-0.39, 0.29) is 11.9 Å². The van der Waals surface area contributed by atoms with Gasteiger partial charge >= 0.3 is 6.09 Å². The topological polar surface area (TPSA) is 96.4 Å². The van der Waals surface area contributed by atoms with Crippen LogP contribution in [-0.2, 0) is 4.74 Å². The van der Waals surface area contributed by atoms with E-state index >= 15 is 0 Å². The third kappa shape index (κ3) is 6.17. The zero-order chi connectivity index (χ0) is 20.9. The van der Waals surface area contributed by atoms with Crippen molar-refractivity contribution in [3.05, 3.63) is 48.3 Å². The normalized spacial score (nSPS) is 16.8. The molecule has 2 aromatic rings. The Kier molecular flexibility index (Phi) is 6.31. The van der Waals surface area contributed by atoms with Crippen molar-refractivity contribution < 1.29 is 14.3 Å². The van der Waals surface area contributed by atoms with Gasteiger partial charge in [-0.1, -0.05) is 6.07 Å². The maximum absolute atomic E-state index is 12.7. The maximum atomic E-state index is 12.7. The van der Waals surface area contributed by atoms with E-state index < -0.39 is 11.7 Å². The number of ether oxygens (including phenoxy) is 1. The van der Waals surface area contributed by atoms with Gasteiger partial charge in [-0.25, -0.2) is 14.8 Å². The Morgan fingerprint density at radius 2 is 1.93 bits per heavy atom. The standard InChI is InChI=1S/C21H27N5O3/c1-21(2,3)29-20(28)25-16-8-4-7-15(13-16)18(27)24-17-9-5-12-26(14-17)19-22-10-6-11-23-19/h4,6-8,10-11,13,17H,5,9,12,14H2,1-3H3,(H,24,27)(H,25,28). The molecule has 8 nitrogen and oxygen atoms in total.